The number of rotatable bonds is 4. The molecule has 1 aromatic heterocycles. The summed E-state index contributed by atoms with van der Waals surface area (Å²) in [6.07, 6.45) is 10.1. The van der Waals surface area contributed by atoms with Gasteiger partial charge < -0.3 is 10.2 Å². The fraction of sp³-hybridized carbons (Fsp3) is 0.429. The van der Waals surface area contributed by atoms with E-state index >= 15 is 0 Å². The fourth-order valence-electron chi connectivity index (χ4n) is 3.32. The number of carbonyl (C=O) groups is 2. The normalized spacial score (nSPS) is 15.0. The number of amides is 2. The van der Waals surface area contributed by atoms with Crippen molar-refractivity contribution in [3.05, 3.63) is 47.9 Å². The Hall–Kier alpha value is -2.76. The molecule has 1 aliphatic carbocycles. The lowest BCUT2D eigenvalue weighted by atomic mass is 10.1. The van der Waals surface area contributed by atoms with Gasteiger partial charge in [0.25, 0.3) is 11.8 Å². The minimum atomic E-state index is -0.191. The molecule has 2 aromatic rings. The van der Waals surface area contributed by atoms with Gasteiger partial charge in [-0.25, -0.2) is 4.98 Å². The number of benzene rings is 1. The molecule has 0 spiro atoms. The maximum absolute atomic E-state index is 12.5. The largest absolute Gasteiger partial charge is 0.349 e. The molecule has 0 bridgehead atoms. The summed E-state index contributed by atoms with van der Waals surface area (Å²) in [5, 5.41) is 3.15. The van der Waals surface area contributed by atoms with Gasteiger partial charge in [-0.15, -0.1) is 0 Å². The zero-order valence-electron chi connectivity index (χ0n) is 15.9. The van der Waals surface area contributed by atoms with E-state index in [1.807, 2.05) is 12.1 Å². The van der Waals surface area contributed by atoms with Gasteiger partial charge in [0.05, 0.1) is 18.1 Å². The Morgan fingerprint density at radius 1 is 1.00 bits per heavy atom. The van der Waals surface area contributed by atoms with E-state index in [4.69, 9.17) is 0 Å². The molecule has 1 aromatic carbocycles. The van der Waals surface area contributed by atoms with Gasteiger partial charge in [0, 0.05) is 31.3 Å². The molecule has 0 unspecified atom stereocenters. The highest BCUT2D eigenvalue weighted by Crippen LogP contribution is 2.19. The molecule has 27 heavy (non-hydrogen) atoms. The molecule has 1 N–H and O–H groups in total. The monoisotopic (exact) mass is 366 g/mol. The van der Waals surface area contributed by atoms with E-state index in [2.05, 4.69) is 15.3 Å². The van der Waals surface area contributed by atoms with Crippen LogP contribution in [-0.4, -0.2) is 46.8 Å². The van der Waals surface area contributed by atoms with Gasteiger partial charge in [0.15, 0.2) is 0 Å². The summed E-state index contributed by atoms with van der Waals surface area (Å²) >= 11 is 0. The highest BCUT2D eigenvalue weighted by Gasteiger charge is 2.16. The Kier molecular flexibility index (Phi) is 6.16. The Bertz CT molecular complexity index is 794. The molecule has 1 aliphatic rings. The van der Waals surface area contributed by atoms with Gasteiger partial charge in [0.2, 0.25) is 0 Å². The Morgan fingerprint density at radius 2 is 1.67 bits per heavy atom. The molecule has 0 aliphatic heterocycles. The summed E-state index contributed by atoms with van der Waals surface area (Å²) in [5.41, 5.74) is 2.37. The number of hydrogen-bond donors (Lipinski definition) is 1. The van der Waals surface area contributed by atoms with Crippen LogP contribution in [-0.2, 0) is 0 Å². The lowest BCUT2D eigenvalue weighted by Crippen LogP contribution is -2.34. The first kappa shape index (κ1) is 19.0. The van der Waals surface area contributed by atoms with Crippen LogP contribution in [0.2, 0.25) is 0 Å². The van der Waals surface area contributed by atoms with Crippen molar-refractivity contribution in [2.45, 2.75) is 44.6 Å². The van der Waals surface area contributed by atoms with Crippen LogP contribution in [0.1, 0.15) is 59.4 Å². The number of nitrogens with one attached hydrogen (secondary N) is 1. The summed E-state index contributed by atoms with van der Waals surface area (Å²) in [5.74, 6) is -0.222. The van der Waals surface area contributed by atoms with Crippen LogP contribution in [0.5, 0.6) is 0 Å². The lowest BCUT2D eigenvalue weighted by Gasteiger charge is -2.16. The Labute approximate surface area is 160 Å². The van der Waals surface area contributed by atoms with Crippen LogP contribution in [0.3, 0.4) is 0 Å². The first-order valence-corrected chi connectivity index (χ1v) is 9.49. The second-order valence-electron chi connectivity index (χ2n) is 7.23. The van der Waals surface area contributed by atoms with Gasteiger partial charge in [-0.2, -0.15) is 0 Å². The molecule has 142 valence electrons. The standard InChI is InChI=1S/C21H26N4O2/c1-25(2)21(27)19-14-22-13-18(24-19)15-9-11-16(12-10-15)20(26)23-17-7-5-3-4-6-8-17/h9-14,17H,3-8H2,1-2H3,(H,23,26). The Morgan fingerprint density at radius 3 is 2.30 bits per heavy atom. The number of carbonyl (C=O) groups excluding carboxylic acids is 2. The van der Waals surface area contributed by atoms with Crippen LogP contribution >= 0.6 is 0 Å². The van der Waals surface area contributed by atoms with Crippen molar-refractivity contribution in [2.75, 3.05) is 14.1 Å². The summed E-state index contributed by atoms with van der Waals surface area (Å²) < 4.78 is 0. The van der Waals surface area contributed by atoms with Crippen molar-refractivity contribution in [2.24, 2.45) is 0 Å². The quantitative estimate of drug-likeness (QED) is 0.843. The highest BCUT2D eigenvalue weighted by atomic mass is 16.2. The predicted molar refractivity (Wildman–Crippen MR) is 104 cm³/mol. The summed E-state index contributed by atoms with van der Waals surface area (Å²) in [6.45, 7) is 0. The third kappa shape index (κ3) is 4.90. The van der Waals surface area contributed by atoms with E-state index in [9.17, 15) is 9.59 Å². The molecular weight excluding hydrogens is 340 g/mol. The van der Waals surface area contributed by atoms with E-state index in [0.29, 0.717) is 17.0 Å². The second kappa shape index (κ2) is 8.75. The van der Waals surface area contributed by atoms with Crippen molar-refractivity contribution < 1.29 is 9.59 Å². The SMILES string of the molecule is CN(C)C(=O)c1cncc(-c2ccc(C(=O)NC3CCCCCC3)cc2)n1. The zero-order valence-corrected chi connectivity index (χ0v) is 15.9. The average molecular weight is 366 g/mol. The van der Waals surface area contributed by atoms with Gasteiger partial charge in [-0.1, -0.05) is 37.8 Å². The molecular formula is C21H26N4O2. The third-order valence-electron chi connectivity index (χ3n) is 4.89. The van der Waals surface area contributed by atoms with Crippen LogP contribution in [0.25, 0.3) is 11.3 Å². The van der Waals surface area contributed by atoms with Crippen molar-refractivity contribution in [3.63, 3.8) is 0 Å². The summed E-state index contributed by atoms with van der Waals surface area (Å²) in [4.78, 5) is 34.5. The lowest BCUT2D eigenvalue weighted by molar-refractivity contribution is 0.0821. The molecule has 1 fully saturated rings. The van der Waals surface area contributed by atoms with Gasteiger partial charge >= 0.3 is 0 Å². The van der Waals surface area contributed by atoms with Crippen LogP contribution < -0.4 is 5.32 Å². The number of aromatic nitrogens is 2. The van der Waals surface area contributed by atoms with E-state index < -0.39 is 0 Å². The van der Waals surface area contributed by atoms with Gasteiger partial charge in [-0.05, 0) is 25.0 Å². The van der Waals surface area contributed by atoms with Crippen molar-refractivity contribution in [1.82, 2.24) is 20.2 Å². The van der Waals surface area contributed by atoms with E-state index in [0.717, 1.165) is 18.4 Å². The molecule has 1 heterocycles. The number of nitrogens with zero attached hydrogens (tertiary/aromatic N) is 3. The zero-order chi connectivity index (χ0) is 19.2. The van der Waals surface area contributed by atoms with Crippen LogP contribution in [0, 0.1) is 0 Å². The topological polar surface area (TPSA) is 75.2 Å². The van der Waals surface area contributed by atoms with Crippen molar-refractivity contribution >= 4 is 11.8 Å². The minimum absolute atomic E-state index is 0.0314. The van der Waals surface area contributed by atoms with Crippen molar-refractivity contribution in [3.8, 4) is 11.3 Å². The maximum Gasteiger partial charge on any atom is 0.273 e. The average Bonchev–Trinajstić information content (AvgIpc) is 2.96. The van der Waals surface area contributed by atoms with E-state index in [-0.39, 0.29) is 17.9 Å². The summed E-state index contributed by atoms with van der Waals surface area (Å²) in [6, 6.07) is 7.55. The van der Waals surface area contributed by atoms with E-state index in [1.165, 1.54) is 36.8 Å². The van der Waals surface area contributed by atoms with Crippen molar-refractivity contribution in [1.29, 1.82) is 0 Å². The minimum Gasteiger partial charge on any atom is -0.349 e. The molecule has 0 atom stereocenters. The summed E-state index contributed by atoms with van der Waals surface area (Å²) in [7, 11) is 3.36. The second-order valence-corrected chi connectivity index (χ2v) is 7.23. The van der Waals surface area contributed by atoms with Gasteiger partial charge in [0.1, 0.15) is 5.69 Å². The molecule has 6 heteroatoms. The smallest absolute Gasteiger partial charge is 0.273 e. The van der Waals surface area contributed by atoms with Crippen LogP contribution in [0.4, 0.5) is 0 Å². The molecule has 2 amide bonds. The first-order valence-electron chi connectivity index (χ1n) is 9.49. The first-order chi connectivity index (χ1) is 13.0. The Balaban J connectivity index is 1.70. The van der Waals surface area contributed by atoms with Crippen LogP contribution in [0.15, 0.2) is 36.7 Å². The highest BCUT2D eigenvalue weighted by molar-refractivity contribution is 5.95. The molecule has 6 nitrogen and oxygen atoms in total. The molecule has 3 rings (SSSR count). The predicted octanol–water partition coefficient (Wildman–Crippen LogP) is 3.30. The van der Waals surface area contributed by atoms with E-state index in [1.54, 1.807) is 32.4 Å². The third-order valence-corrected chi connectivity index (χ3v) is 4.89. The number of hydrogen-bond acceptors (Lipinski definition) is 4. The molecule has 0 saturated heterocycles. The molecule has 0 radical (unpaired) electrons. The maximum atomic E-state index is 12.5. The molecule has 1 saturated carbocycles. The van der Waals surface area contributed by atoms with Gasteiger partial charge in [-0.3, -0.25) is 14.6 Å². The fourth-order valence-corrected chi connectivity index (χ4v) is 3.32.